The highest BCUT2D eigenvalue weighted by atomic mass is 32.2. The minimum absolute atomic E-state index is 0.0110. The Morgan fingerprint density at radius 1 is 1.03 bits per heavy atom. The summed E-state index contributed by atoms with van der Waals surface area (Å²) < 4.78 is 42.9. The quantitative estimate of drug-likeness (QED) is 0.376. The molecule has 1 aromatic heterocycles. The molecule has 0 bridgehead atoms. The first kappa shape index (κ1) is 27.0. The van der Waals surface area contributed by atoms with Crippen molar-refractivity contribution in [1.29, 1.82) is 0 Å². The number of rotatable bonds is 11. The Morgan fingerprint density at radius 3 is 2.38 bits per heavy atom. The van der Waals surface area contributed by atoms with Gasteiger partial charge in [-0.3, -0.25) is 4.79 Å². The molecule has 2 aromatic carbocycles. The molecule has 4 rings (SSSR count). The van der Waals surface area contributed by atoms with Crippen LogP contribution in [0.2, 0.25) is 0 Å². The van der Waals surface area contributed by atoms with Gasteiger partial charge in [-0.1, -0.05) is 61.4 Å². The van der Waals surface area contributed by atoms with Crippen molar-refractivity contribution < 1.29 is 17.6 Å². The predicted molar refractivity (Wildman–Crippen MR) is 141 cm³/mol. The fourth-order valence-corrected chi connectivity index (χ4v) is 6.30. The van der Waals surface area contributed by atoms with Gasteiger partial charge < -0.3 is 14.4 Å². The monoisotopic (exact) mass is 526 g/mol. The average Bonchev–Trinajstić information content (AvgIpc) is 3.54. The first-order valence-electron chi connectivity index (χ1n) is 12.7. The largest absolute Gasteiger partial charge is 0.335 e. The standard InChI is InChI=1S/C28H35FN4O3S/c1-31(2)16-17-32(27(34)23-12-6-7-13-23)20-25-18-30-28(33(25)19-22-10-4-3-5-11-22)37(35,36)21-24-14-8-9-15-26(24)29/h3-5,8-11,14-15,18,23H,6-7,12-13,16-17,19-21H2,1-2H3. The van der Waals surface area contributed by atoms with Crippen molar-refractivity contribution in [3.05, 3.63) is 83.4 Å². The SMILES string of the molecule is CN(C)CCN(Cc1cnc(S(=O)(=O)Cc2ccccc2F)n1Cc1ccccc1)C(=O)C1CCCC1. The zero-order valence-electron chi connectivity index (χ0n) is 21.5. The van der Waals surface area contributed by atoms with Gasteiger partial charge in [0.1, 0.15) is 5.82 Å². The molecule has 1 heterocycles. The Kier molecular flexibility index (Phi) is 8.76. The molecule has 37 heavy (non-hydrogen) atoms. The van der Waals surface area contributed by atoms with Crippen LogP contribution >= 0.6 is 0 Å². The molecule has 0 aliphatic heterocycles. The van der Waals surface area contributed by atoms with E-state index in [2.05, 4.69) is 4.98 Å². The Bertz CT molecular complexity index is 1300. The van der Waals surface area contributed by atoms with Gasteiger partial charge in [0.05, 0.1) is 30.7 Å². The molecule has 1 saturated carbocycles. The number of benzene rings is 2. The molecule has 0 atom stereocenters. The molecular weight excluding hydrogens is 491 g/mol. The van der Waals surface area contributed by atoms with Crippen molar-refractivity contribution in [1.82, 2.24) is 19.4 Å². The van der Waals surface area contributed by atoms with Crippen LogP contribution in [0.3, 0.4) is 0 Å². The van der Waals surface area contributed by atoms with E-state index in [0.29, 0.717) is 18.8 Å². The molecule has 198 valence electrons. The summed E-state index contributed by atoms with van der Waals surface area (Å²) in [7, 11) is -0.0359. The third kappa shape index (κ3) is 6.84. The van der Waals surface area contributed by atoms with E-state index in [9.17, 15) is 17.6 Å². The zero-order valence-corrected chi connectivity index (χ0v) is 22.3. The Hall–Kier alpha value is -3.04. The average molecular weight is 527 g/mol. The van der Waals surface area contributed by atoms with E-state index in [4.69, 9.17) is 0 Å². The van der Waals surface area contributed by atoms with Crippen LogP contribution in [0.1, 0.15) is 42.5 Å². The molecule has 0 spiro atoms. The molecule has 0 N–H and O–H groups in total. The molecule has 1 amide bonds. The van der Waals surface area contributed by atoms with Crippen LogP contribution in [0.25, 0.3) is 0 Å². The lowest BCUT2D eigenvalue weighted by Crippen LogP contribution is -2.39. The molecule has 1 fully saturated rings. The molecule has 7 nitrogen and oxygen atoms in total. The zero-order chi connectivity index (χ0) is 26.4. The van der Waals surface area contributed by atoms with E-state index in [1.54, 1.807) is 16.8 Å². The summed E-state index contributed by atoms with van der Waals surface area (Å²) in [6.45, 7) is 1.78. The normalized spacial score (nSPS) is 14.4. The number of hydrogen-bond acceptors (Lipinski definition) is 5. The number of carbonyl (C=O) groups is 1. The van der Waals surface area contributed by atoms with Gasteiger partial charge in [-0.2, -0.15) is 0 Å². The van der Waals surface area contributed by atoms with Gasteiger partial charge in [-0.15, -0.1) is 0 Å². The highest BCUT2D eigenvalue weighted by Crippen LogP contribution is 2.28. The van der Waals surface area contributed by atoms with Crippen LogP contribution in [-0.4, -0.2) is 60.9 Å². The fourth-order valence-electron chi connectivity index (χ4n) is 4.80. The summed E-state index contributed by atoms with van der Waals surface area (Å²) in [6.07, 6.45) is 5.44. The van der Waals surface area contributed by atoms with Gasteiger partial charge in [0.15, 0.2) is 0 Å². The summed E-state index contributed by atoms with van der Waals surface area (Å²) >= 11 is 0. The van der Waals surface area contributed by atoms with Gasteiger partial charge >= 0.3 is 0 Å². The maximum Gasteiger partial charge on any atom is 0.228 e. The third-order valence-electron chi connectivity index (χ3n) is 6.85. The Balaban J connectivity index is 1.69. The minimum atomic E-state index is -3.96. The van der Waals surface area contributed by atoms with E-state index < -0.39 is 21.4 Å². The van der Waals surface area contributed by atoms with E-state index >= 15 is 0 Å². The number of likely N-dealkylation sites (N-methyl/N-ethyl adjacent to an activating group) is 1. The second-order valence-corrected chi connectivity index (χ2v) is 11.9. The van der Waals surface area contributed by atoms with E-state index in [0.717, 1.165) is 31.2 Å². The van der Waals surface area contributed by atoms with Gasteiger partial charge in [-0.05, 0) is 38.6 Å². The van der Waals surface area contributed by atoms with Crippen molar-refractivity contribution in [2.75, 3.05) is 27.2 Å². The van der Waals surface area contributed by atoms with Crippen molar-refractivity contribution in [3.63, 3.8) is 0 Å². The highest BCUT2D eigenvalue weighted by Gasteiger charge is 2.30. The summed E-state index contributed by atoms with van der Waals surface area (Å²) in [6, 6.07) is 15.4. The number of sulfone groups is 1. The molecule has 0 radical (unpaired) electrons. The smallest absolute Gasteiger partial charge is 0.228 e. The summed E-state index contributed by atoms with van der Waals surface area (Å²) in [4.78, 5) is 21.6. The van der Waals surface area contributed by atoms with Crippen molar-refractivity contribution in [3.8, 4) is 0 Å². The highest BCUT2D eigenvalue weighted by molar-refractivity contribution is 7.90. The number of halogens is 1. The number of imidazole rings is 1. The van der Waals surface area contributed by atoms with Crippen molar-refractivity contribution >= 4 is 15.7 Å². The number of nitrogens with zero attached hydrogens (tertiary/aromatic N) is 4. The van der Waals surface area contributed by atoms with Gasteiger partial charge in [0.2, 0.25) is 20.9 Å². The maximum absolute atomic E-state index is 14.3. The molecule has 1 aliphatic rings. The van der Waals surface area contributed by atoms with Crippen molar-refractivity contribution in [2.45, 2.75) is 49.7 Å². The molecule has 0 saturated heterocycles. The van der Waals surface area contributed by atoms with Crippen LogP contribution in [0.15, 0.2) is 66.0 Å². The molecule has 1 aliphatic carbocycles. The number of aromatic nitrogens is 2. The van der Waals surface area contributed by atoms with Gasteiger partial charge in [-0.25, -0.2) is 17.8 Å². The lowest BCUT2D eigenvalue weighted by molar-refractivity contribution is -0.136. The van der Waals surface area contributed by atoms with Crippen LogP contribution in [0.4, 0.5) is 4.39 Å². The number of amides is 1. The number of hydrogen-bond donors (Lipinski definition) is 0. The third-order valence-corrected chi connectivity index (χ3v) is 8.43. The molecule has 3 aromatic rings. The fraction of sp³-hybridized carbons (Fsp3) is 0.429. The van der Waals surface area contributed by atoms with Gasteiger partial charge in [0, 0.05) is 24.6 Å². The van der Waals surface area contributed by atoms with E-state index in [1.807, 2.05) is 54.2 Å². The summed E-state index contributed by atoms with van der Waals surface area (Å²) in [5.41, 5.74) is 1.65. The molecule has 9 heteroatoms. The first-order chi connectivity index (χ1) is 17.7. The molecule has 0 unspecified atom stereocenters. The van der Waals surface area contributed by atoms with E-state index in [1.165, 1.54) is 18.2 Å². The van der Waals surface area contributed by atoms with Crippen LogP contribution in [0, 0.1) is 11.7 Å². The van der Waals surface area contributed by atoms with Crippen LogP contribution in [-0.2, 0) is 33.5 Å². The molecular formula is C28H35FN4O3S. The minimum Gasteiger partial charge on any atom is -0.335 e. The number of carbonyl (C=O) groups excluding carboxylic acids is 1. The predicted octanol–water partition coefficient (Wildman–Crippen LogP) is 4.12. The lowest BCUT2D eigenvalue weighted by Gasteiger charge is -2.27. The summed E-state index contributed by atoms with van der Waals surface area (Å²) in [5, 5.41) is -0.115. The van der Waals surface area contributed by atoms with Gasteiger partial charge in [0.25, 0.3) is 0 Å². The second kappa shape index (κ2) is 12.0. The summed E-state index contributed by atoms with van der Waals surface area (Å²) in [5.74, 6) is -0.931. The first-order valence-corrected chi connectivity index (χ1v) is 14.4. The van der Waals surface area contributed by atoms with E-state index in [-0.39, 0.29) is 35.6 Å². The van der Waals surface area contributed by atoms with Crippen LogP contribution in [0.5, 0.6) is 0 Å². The lowest BCUT2D eigenvalue weighted by atomic mass is 10.1. The topological polar surface area (TPSA) is 75.5 Å². The second-order valence-electron chi connectivity index (χ2n) is 10.00. The maximum atomic E-state index is 14.3. The van der Waals surface area contributed by atoms with Crippen LogP contribution < -0.4 is 0 Å². The Labute approximate surface area is 218 Å². The Morgan fingerprint density at radius 2 is 1.70 bits per heavy atom. The van der Waals surface area contributed by atoms with Crippen molar-refractivity contribution in [2.24, 2.45) is 5.92 Å².